The number of benzene rings is 1. The highest BCUT2D eigenvalue weighted by Gasteiger charge is 2.33. The molecule has 1 fully saturated rings. The number of nitrogens with one attached hydrogen (secondary N) is 1. The quantitative estimate of drug-likeness (QED) is 0.869. The number of carbonyl (C=O) groups is 1. The first-order valence-corrected chi connectivity index (χ1v) is 6.67. The lowest BCUT2D eigenvalue weighted by Crippen LogP contribution is -2.30. The molecule has 0 unspecified atom stereocenters. The minimum Gasteiger partial charge on any atom is -0.380 e. The number of anilines is 1. The Bertz CT molecular complexity index is 554. The molecule has 6 heteroatoms. The van der Waals surface area contributed by atoms with Crippen LogP contribution in [0, 0.1) is 6.92 Å². The van der Waals surface area contributed by atoms with Gasteiger partial charge in [-0.05, 0) is 37.1 Å². The van der Waals surface area contributed by atoms with Gasteiger partial charge in [-0.1, -0.05) is 12.6 Å². The van der Waals surface area contributed by atoms with Crippen LogP contribution in [0.1, 0.15) is 17.5 Å². The highest BCUT2D eigenvalue weighted by Crippen LogP contribution is 2.35. The summed E-state index contributed by atoms with van der Waals surface area (Å²) in [5.74, 6) is -0.153. The number of hydrogen-bond acceptors (Lipinski definition) is 2. The Morgan fingerprint density at radius 3 is 2.81 bits per heavy atom. The second-order valence-electron chi connectivity index (χ2n) is 5.09. The Hall–Kier alpha value is -1.98. The van der Waals surface area contributed by atoms with E-state index in [4.69, 9.17) is 0 Å². The van der Waals surface area contributed by atoms with Gasteiger partial charge in [-0.2, -0.15) is 13.2 Å². The molecule has 1 N–H and O–H groups in total. The number of halogens is 3. The van der Waals surface area contributed by atoms with Crippen LogP contribution in [0.15, 0.2) is 30.9 Å². The second-order valence-corrected chi connectivity index (χ2v) is 5.09. The van der Waals surface area contributed by atoms with E-state index in [9.17, 15) is 18.0 Å². The number of carbonyl (C=O) groups excluding carboxylic acids is 1. The van der Waals surface area contributed by atoms with Crippen LogP contribution < -0.4 is 5.32 Å². The number of rotatable bonds is 3. The van der Waals surface area contributed by atoms with Gasteiger partial charge in [0.25, 0.3) is 0 Å². The van der Waals surface area contributed by atoms with Gasteiger partial charge < -0.3 is 10.2 Å². The lowest BCUT2D eigenvalue weighted by molar-refractivity contribution is -0.138. The summed E-state index contributed by atoms with van der Waals surface area (Å²) >= 11 is 0. The molecule has 1 aliphatic rings. The number of amides is 1. The van der Waals surface area contributed by atoms with Crippen LogP contribution in [0.25, 0.3) is 0 Å². The molecule has 1 aromatic carbocycles. The van der Waals surface area contributed by atoms with Crippen molar-refractivity contribution in [3.63, 3.8) is 0 Å². The Morgan fingerprint density at radius 2 is 2.19 bits per heavy atom. The molecular formula is C15H17F3N2O. The van der Waals surface area contributed by atoms with Gasteiger partial charge in [0.1, 0.15) is 0 Å². The molecule has 1 aromatic rings. The van der Waals surface area contributed by atoms with Crippen molar-refractivity contribution in [1.82, 2.24) is 4.90 Å². The molecule has 0 saturated carbocycles. The van der Waals surface area contributed by atoms with Crippen molar-refractivity contribution in [2.45, 2.75) is 25.6 Å². The molecule has 1 atom stereocenters. The minimum atomic E-state index is -4.36. The SMILES string of the molecule is C=CC(=O)N1CC[C@H](Nc2cccc(C(F)(F)F)c2C)C1. The molecule has 1 saturated heterocycles. The maximum absolute atomic E-state index is 12.9. The van der Waals surface area contributed by atoms with Crippen LogP contribution in [0.4, 0.5) is 18.9 Å². The van der Waals surface area contributed by atoms with Gasteiger partial charge in [-0.25, -0.2) is 0 Å². The summed E-state index contributed by atoms with van der Waals surface area (Å²) in [6, 6.07) is 4.04. The fourth-order valence-electron chi connectivity index (χ4n) is 2.53. The van der Waals surface area contributed by atoms with E-state index in [1.165, 1.54) is 19.1 Å². The second kappa shape index (κ2) is 5.79. The van der Waals surface area contributed by atoms with Crippen LogP contribution in [-0.4, -0.2) is 29.9 Å². The number of alkyl halides is 3. The summed E-state index contributed by atoms with van der Waals surface area (Å²) < 4.78 is 38.6. The van der Waals surface area contributed by atoms with Crippen LogP contribution in [0.2, 0.25) is 0 Å². The average Bonchev–Trinajstić information content (AvgIpc) is 2.87. The molecule has 1 aliphatic heterocycles. The number of likely N-dealkylation sites (tertiary alicyclic amines) is 1. The standard InChI is InChI=1S/C15H17F3N2O/c1-3-14(21)20-8-7-11(9-20)19-13-6-4-5-12(10(13)2)15(16,17)18/h3-6,11,19H,1,7-9H2,2H3/t11-/m0/s1. The van der Waals surface area contributed by atoms with Crippen molar-refractivity contribution in [3.8, 4) is 0 Å². The van der Waals surface area contributed by atoms with Gasteiger partial charge in [0, 0.05) is 24.8 Å². The third-order valence-corrected chi connectivity index (χ3v) is 3.67. The van der Waals surface area contributed by atoms with E-state index in [1.807, 2.05) is 0 Å². The van der Waals surface area contributed by atoms with Crippen LogP contribution >= 0.6 is 0 Å². The molecular weight excluding hydrogens is 281 g/mol. The van der Waals surface area contributed by atoms with Gasteiger partial charge in [0.2, 0.25) is 5.91 Å². The Labute approximate surface area is 121 Å². The fourth-order valence-corrected chi connectivity index (χ4v) is 2.53. The van der Waals surface area contributed by atoms with E-state index in [2.05, 4.69) is 11.9 Å². The molecule has 0 aromatic heterocycles. The summed E-state index contributed by atoms with van der Waals surface area (Å²) in [5.41, 5.74) is 0.00532. The largest absolute Gasteiger partial charge is 0.416 e. The Balaban J connectivity index is 2.11. The average molecular weight is 298 g/mol. The first-order chi connectivity index (χ1) is 9.82. The van der Waals surface area contributed by atoms with Gasteiger partial charge >= 0.3 is 6.18 Å². The lowest BCUT2D eigenvalue weighted by Gasteiger charge is -2.19. The molecule has 0 radical (unpaired) electrons. The van der Waals surface area contributed by atoms with Crippen molar-refractivity contribution in [1.29, 1.82) is 0 Å². The van der Waals surface area contributed by atoms with Crippen molar-refractivity contribution < 1.29 is 18.0 Å². The highest BCUT2D eigenvalue weighted by atomic mass is 19.4. The van der Waals surface area contributed by atoms with E-state index in [0.29, 0.717) is 25.2 Å². The van der Waals surface area contributed by atoms with E-state index in [1.54, 1.807) is 11.0 Å². The van der Waals surface area contributed by atoms with Crippen molar-refractivity contribution in [3.05, 3.63) is 42.0 Å². The zero-order chi connectivity index (χ0) is 15.6. The zero-order valence-corrected chi connectivity index (χ0v) is 11.7. The first kappa shape index (κ1) is 15.4. The first-order valence-electron chi connectivity index (χ1n) is 6.67. The van der Waals surface area contributed by atoms with E-state index >= 15 is 0 Å². The normalized spacial score (nSPS) is 18.7. The summed E-state index contributed by atoms with van der Waals surface area (Å²) in [7, 11) is 0. The molecule has 0 spiro atoms. The fraction of sp³-hybridized carbons (Fsp3) is 0.400. The summed E-state index contributed by atoms with van der Waals surface area (Å²) in [6.45, 7) is 5.94. The van der Waals surface area contributed by atoms with Gasteiger partial charge in [-0.15, -0.1) is 0 Å². The van der Waals surface area contributed by atoms with E-state index in [-0.39, 0.29) is 17.5 Å². The van der Waals surface area contributed by atoms with Crippen LogP contribution in [0.3, 0.4) is 0 Å². The van der Waals surface area contributed by atoms with Gasteiger partial charge in [-0.3, -0.25) is 4.79 Å². The molecule has 2 rings (SSSR count). The van der Waals surface area contributed by atoms with Crippen LogP contribution in [0.5, 0.6) is 0 Å². The van der Waals surface area contributed by atoms with E-state index < -0.39 is 11.7 Å². The molecule has 114 valence electrons. The Morgan fingerprint density at radius 1 is 1.48 bits per heavy atom. The topological polar surface area (TPSA) is 32.3 Å². The third-order valence-electron chi connectivity index (χ3n) is 3.67. The maximum atomic E-state index is 12.9. The number of hydrogen-bond donors (Lipinski definition) is 1. The third kappa shape index (κ3) is 3.37. The smallest absolute Gasteiger partial charge is 0.380 e. The van der Waals surface area contributed by atoms with E-state index in [0.717, 1.165) is 6.07 Å². The lowest BCUT2D eigenvalue weighted by atomic mass is 10.1. The Kier molecular flexibility index (Phi) is 4.25. The molecule has 1 heterocycles. The summed E-state index contributed by atoms with van der Waals surface area (Å²) in [4.78, 5) is 13.1. The molecule has 0 aliphatic carbocycles. The molecule has 0 bridgehead atoms. The minimum absolute atomic E-state index is 0.0453. The van der Waals surface area contributed by atoms with Crippen molar-refractivity contribution >= 4 is 11.6 Å². The summed E-state index contributed by atoms with van der Waals surface area (Å²) in [5, 5.41) is 3.10. The highest BCUT2D eigenvalue weighted by molar-refractivity contribution is 5.87. The number of nitrogens with zero attached hydrogens (tertiary/aromatic N) is 1. The zero-order valence-electron chi connectivity index (χ0n) is 11.7. The van der Waals surface area contributed by atoms with Crippen LogP contribution in [-0.2, 0) is 11.0 Å². The van der Waals surface area contributed by atoms with Gasteiger partial charge in [0.15, 0.2) is 0 Å². The van der Waals surface area contributed by atoms with Gasteiger partial charge in [0.05, 0.1) is 5.56 Å². The monoisotopic (exact) mass is 298 g/mol. The predicted molar refractivity (Wildman–Crippen MR) is 75.0 cm³/mol. The maximum Gasteiger partial charge on any atom is 0.416 e. The summed E-state index contributed by atoms with van der Waals surface area (Å²) in [6.07, 6.45) is -2.41. The van der Waals surface area contributed by atoms with Crippen molar-refractivity contribution in [2.24, 2.45) is 0 Å². The molecule has 3 nitrogen and oxygen atoms in total. The molecule has 21 heavy (non-hydrogen) atoms. The molecule has 1 amide bonds. The van der Waals surface area contributed by atoms with Crippen molar-refractivity contribution in [2.75, 3.05) is 18.4 Å². The predicted octanol–water partition coefficient (Wildman–Crippen LogP) is 3.21.